The Labute approximate surface area is 215 Å². The van der Waals surface area contributed by atoms with Crippen LogP contribution in [0.25, 0.3) is 33.5 Å². The van der Waals surface area contributed by atoms with Gasteiger partial charge in [0.15, 0.2) is 11.0 Å². The molecular formula is C28H28N6OS. The summed E-state index contributed by atoms with van der Waals surface area (Å²) in [7, 11) is 0. The zero-order chi connectivity index (χ0) is 25.1. The molecule has 0 aliphatic heterocycles. The second kappa shape index (κ2) is 10.1. The third kappa shape index (κ3) is 4.71. The van der Waals surface area contributed by atoms with Crippen LogP contribution in [0.5, 0.6) is 0 Å². The van der Waals surface area contributed by atoms with Gasteiger partial charge in [0.2, 0.25) is 5.91 Å². The molecule has 2 aromatic carbocycles. The number of hydrogen-bond donors (Lipinski definition) is 1. The van der Waals surface area contributed by atoms with Crippen LogP contribution in [0.4, 0.5) is 0 Å². The minimum Gasteiger partial charge on any atom is -0.337 e. The summed E-state index contributed by atoms with van der Waals surface area (Å²) < 4.78 is 2.04. The van der Waals surface area contributed by atoms with Gasteiger partial charge in [-0.1, -0.05) is 59.8 Å². The van der Waals surface area contributed by atoms with E-state index < -0.39 is 5.54 Å². The molecule has 1 amide bonds. The second-order valence-corrected chi connectivity index (χ2v) is 10.2. The maximum atomic E-state index is 12.7. The number of fused-ring (bicyclic) bond motifs is 1. The highest BCUT2D eigenvalue weighted by Crippen LogP contribution is 2.33. The third-order valence-electron chi connectivity index (χ3n) is 6.72. The van der Waals surface area contributed by atoms with Crippen molar-refractivity contribution >= 4 is 28.6 Å². The number of benzene rings is 2. The molecular weight excluding hydrogens is 468 g/mol. The number of aromatic nitrogens is 4. The largest absolute Gasteiger partial charge is 0.337 e. The van der Waals surface area contributed by atoms with Crippen molar-refractivity contribution in [3.8, 4) is 28.7 Å². The van der Waals surface area contributed by atoms with Gasteiger partial charge in [-0.05, 0) is 51.7 Å². The third-order valence-corrected chi connectivity index (χ3v) is 7.69. The highest BCUT2D eigenvalue weighted by molar-refractivity contribution is 7.99. The predicted molar refractivity (Wildman–Crippen MR) is 142 cm³/mol. The number of amides is 1. The summed E-state index contributed by atoms with van der Waals surface area (Å²) in [5.41, 5.74) is 4.24. The Morgan fingerprint density at radius 3 is 2.61 bits per heavy atom. The molecule has 7 nitrogen and oxygen atoms in total. The van der Waals surface area contributed by atoms with Crippen LogP contribution in [0.15, 0.2) is 59.8 Å². The van der Waals surface area contributed by atoms with Gasteiger partial charge in [-0.2, -0.15) is 5.26 Å². The molecule has 0 radical (unpaired) electrons. The van der Waals surface area contributed by atoms with E-state index >= 15 is 0 Å². The fourth-order valence-electron chi connectivity index (χ4n) is 4.79. The summed E-state index contributed by atoms with van der Waals surface area (Å²) in [6.07, 6.45) is 3.37. The van der Waals surface area contributed by atoms with Gasteiger partial charge < -0.3 is 9.88 Å². The highest BCUT2D eigenvalue weighted by atomic mass is 32.2. The van der Waals surface area contributed by atoms with Crippen LogP contribution in [0.3, 0.4) is 0 Å². The Hall–Kier alpha value is -3.70. The Morgan fingerprint density at radius 2 is 1.89 bits per heavy atom. The molecule has 4 aromatic rings. The van der Waals surface area contributed by atoms with Crippen molar-refractivity contribution in [2.45, 2.75) is 56.8 Å². The predicted octanol–water partition coefficient (Wildman–Crippen LogP) is 5.53. The smallest absolute Gasteiger partial charge is 0.231 e. The molecule has 182 valence electrons. The van der Waals surface area contributed by atoms with Crippen LogP contribution in [-0.2, 0) is 11.3 Å². The van der Waals surface area contributed by atoms with Crippen molar-refractivity contribution in [3.63, 3.8) is 0 Å². The van der Waals surface area contributed by atoms with Gasteiger partial charge in [-0.25, -0.2) is 4.98 Å². The summed E-state index contributed by atoms with van der Waals surface area (Å²) >= 11 is 1.35. The van der Waals surface area contributed by atoms with Gasteiger partial charge in [0.25, 0.3) is 0 Å². The molecule has 1 saturated carbocycles. The van der Waals surface area contributed by atoms with Crippen LogP contribution in [-0.4, -0.2) is 36.9 Å². The molecule has 2 aromatic heterocycles. The van der Waals surface area contributed by atoms with E-state index in [1.165, 1.54) is 17.3 Å². The Balaban J connectivity index is 1.46. The number of carbonyl (C=O) groups is 1. The molecule has 2 heterocycles. The first-order valence-electron chi connectivity index (χ1n) is 12.3. The minimum absolute atomic E-state index is 0.147. The number of nitrogens with zero attached hydrogens (tertiary/aromatic N) is 5. The van der Waals surface area contributed by atoms with E-state index in [-0.39, 0.29) is 11.7 Å². The van der Waals surface area contributed by atoms with Crippen molar-refractivity contribution in [2.75, 3.05) is 5.75 Å². The van der Waals surface area contributed by atoms with Gasteiger partial charge in [0.1, 0.15) is 5.54 Å². The van der Waals surface area contributed by atoms with Gasteiger partial charge >= 0.3 is 0 Å². The number of nitriles is 1. The van der Waals surface area contributed by atoms with E-state index in [1.54, 1.807) is 0 Å². The molecule has 1 aliphatic rings. The van der Waals surface area contributed by atoms with Crippen molar-refractivity contribution in [2.24, 2.45) is 0 Å². The topological polar surface area (TPSA) is 96.5 Å². The lowest BCUT2D eigenvalue weighted by molar-refractivity contribution is -0.119. The van der Waals surface area contributed by atoms with Crippen LogP contribution in [0, 0.1) is 18.3 Å². The molecule has 8 heteroatoms. The standard InChI is InChI=1S/C28H28N6OS/c1-3-34-26(32-33-27(34)36-17-25(35)31-28(18-29)14-6-7-15-28)22-16-24(20-12-10-19(2)11-13-20)30-23-9-5-4-8-21(22)23/h4-5,8-13,16H,3,6-7,14-15,17H2,1-2H3,(H,31,35). The van der Waals surface area contributed by atoms with Crippen molar-refractivity contribution in [1.82, 2.24) is 25.1 Å². The van der Waals surface area contributed by atoms with Gasteiger partial charge in [-0.3, -0.25) is 4.79 Å². The minimum atomic E-state index is -0.719. The maximum Gasteiger partial charge on any atom is 0.231 e. The first-order chi connectivity index (χ1) is 17.5. The number of pyridine rings is 1. The summed E-state index contributed by atoms with van der Waals surface area (Å²) in [6.45, 7) is 4.77. The van der Waals surface area contributed by atoms with Gasteiger partial charge in [-0.15, -0.1) is 10.2 Å². The fraction of sp³-hybridized carbons (Fsp3) is 0.321. The van der Waals surface area contributed by atoms with Gasteiger partial charge in [0, 0.05) is 23.1 Å². The lowest BCUT2D eigenvalue weighted by Gasteiger charge is -2.21. The summed E-state index contributed by atoms with van der Waals surface area (Å²) in [5, 5.41) is 23.2. The zero-order valence-electron chi connectivity index (χ0n) is 20.5. The van der Waals surface area contributed by atoms with E-state index in [9.17, 15) is 10.1 Å². The Kier molecular flexibility index (Phi) is 6.75. The van der Waals surface area contributed by atoms with Crippen LogP contribution in [0.2, 0.25) is 0 Å². The number of carbonyl (C=O) groups excluding carboxylic acids is 1. The molecule has 1 aliphatic carbocycles. The van der Waals surface area contributed by atoms with Crippen LogP contribution in [0.1, 0.15) is 38.2 Å². The quantitative estimate of drug-likeness (QED) is 0.338. The summed E-state index contributed by atoms with van der Waals surface area (Å²) in [5.74, 6) is 0.788. The molecule has 36 heavy (non-hydrogen) atoms. The number of nitrogens with one attached hydrogen (secondary N) is 1. The van der Waals surface area contributed by atoms with E-state index in [4.69, 9.17) is 4.98 Å². The lowest BCUT2D eigenvalue weighted by atomic mass is 10.0. The normalized spacial score (nSPS) is 14.6. The number of rotatable bonds is 7. The molecule has 0 unspecified atom stereocenters. The monoisotopic (exact) mass is 496 g/mol. The molecule has 0 saturated heterocycles. The Bertz CT molecular complexity index is 1450. The Morgan fingerprint density at radius 1 is 1.14 bits per heavy atom. The second-order valence-electron chi connectivity index (χ2n) is 9.23. The van der Waals surface area contributed by atoms with Crippen LogP contribution >= 0.6 is 11.8 Å². The number of aryl methyl sites for hydroxylation is 1. The number of thioether (sulfide) groups is 1. The molecule has 5 rings (SSSR count). The molecule has 0 bridgehead atoms. The first kappa shape index (κ1) is 24.0. The summed E-state index contributed by atoms with van der Waals surface area (Å²) in [6, 6.07) is 20.8. The lowest BCUT2D eigenvalue weighted by Crippen LogP contribution is -2.45. The van der Waals surface area contributed by atoms with Gasteiger partial charge in [0.05, 0.1) is 23.0 Å². The van der Waals surface area contributed by atoms with Crippen molar-refractivity contribution in [3.05, 3.63) is 60.2 Å². The molecule has 1 N–H and O–H groups in total. The van der Waals surface area contributed by atoms with Crippen LogP contribution < -0.4 is 5.32 Å². The zero-order valence-corrected chi connectivity index (χ0v) is 21.3. The molecule has 1 fully saturated rings. The molecule has 0 atom stereocenters. The SMILES string of the molecule is CCn1c(SCC(=O)NC2(C#N)CCCC2)nnc1-c1cc(-c2ccc(C)cc2)nc2ccccc12. The number of hydrogen-bond acceptors (Lipinski definition) is 6. The highest BCUT2D eigenvalue weighted by Gasteiger charge is 2.35. The van der Waals surface area contributed by atoms with Crippen molar-refractivity contribution in [1.29, 1.82) is 5.26 Å². The summed E-state index contributed by atoms with van der Waals surface area (Å²) in [4.78, 5) is 17.6. The maximum absolute atomic E-state index is 12.7. The molecule has 0 spiro atoms. The van der Waals surface area contributed by atoms with E-state index in [0.29, 0.717) is 24.5 Å². The average molecular weight is 497 g/mol. The van der Waals surface area contributed by atoms with Crippen molar-refractivity contribution < 1.29 is 4.79 Å². The van der Waals surface area contributed by atoms with E-state index in [0.717, 1.165) is 46.4 Å². The van der Waals surface area contributed by atoms with E-state index in [1.807, 2.05) is 29.7 Å². The van der Waals surface area contributed by atoms with E-state index in [2.05, 4.69) is 64.9 Å². The number of para-hydroxylation sites is 1. The average Bonchev–Trinajstić information content (AvgIpc) is 3.54. The first-order valence-corrected chi connectivity index (χ1v) is 13.3. The fourth-order valence-corrected chi connectivity index (χ4v) is 5.59.